The zero-order valence-electron chi connectivity index (χ0n) is 21.2. The third-order valence-corrected chi connectivity index (χ3v) is 8.51. The second kappa shape index (κ2) is 9.85. The van der Waals surface area contributed by atoms with Gasteiger partial charge in [0.15, 0.2) is 5.78 Å². The topological polar surface area (TPSA) is 88.8 Å². The van der Waals surface area contributed by atoms with Crippen molar-refractivity contribution in [2.24, 2.45) is 11.0 Å². The molecule has 39 heavy (non-hydrogen) atoms. The minimum atomic E-state index is -3.89. The third kappa shape index (κ3) is 4.76. The van der Waals surface area contributed by atoms with Crippen molar-refractivity contribution >= 4 is 44.0 Å². The maximum Gasteiger partial charge on any atom is 0.273 e. The number of carbonyl (C=O) groups excluding carboxylic acids is 2. The number of amides is 1. The van der Waals surface area contributed by atoms with Gasteiger partial charge < -0.3 is 0 Å². The molecule has 200 valence electrons. The number of rotatable bonds is 8. The van der Waals surface area contributed by atoms with Crippen LogP contribution < -0.4 is 5.01 Å². The van der Waals surface area contributed by atoms with Crippen molar-refractivity contribution in [2.45, 2.75) is 37.5 Å². The Morgan fingerprint density at radius 1 is 1.00 bits per heavy atom. The van der Waals surface area contributed by atoms with E-state index >= 15 is 0 Å². The van der Waals surface area contributed by atoms with Crippen LogP contribution in [0.3, 0.4) is 0 Å². The quantitative estimate of drug-likeness (QED) is 0.270. The van der Waals surface area contributed by atoms with E-state index in [4.69, 9.17) is 0 Å². The smallest absolute Gasteiger partial charge is 0.273 e. The molecule has 0 N–H and O–H groups in total. The molecule has 0 radical (unpaired) electrons. The number of aromatic nitrogens is 1. The number of Topliss-reactive ketones (excluding diaryl/α,β-unsaturated/α-hetero) is 1. The van der Waals surface area contributed by atoms with Crippen LogP contribution >= 0.6 is 0 Å². The number of nitrogens with zero attached hydrogens (tertiary/aromatic N) is 3. The average Bonchev–Trinajstić information content (AvgIpc) is 3.49. The van der Waals surface area contributed by atoms with Crippen LogP contribution in [0.1, 0.15) is 31.4 Å². The first-order valence-corrected chi connectivity index (χ1v) is 13.8. The molecule has 5 rings (SSSR count). The maximum absolute atomic E-state index is 14.1. The van der Waals surface area contributed by atoms with Gasteiger partial charge in [0.2, 0.25) is 0 Å². The van der Waals surface area contributed by atoms with Crippen LogP contribution in [0.5, 0.6) is 0 Å². The van der Waals surface area contributed by atoms with Gasteiger partial charge in [-0.1, -0.05) is 49.4 Å². The Bertz CT molecular complexity index is 1730. The summed E-state index contributed by atoms with van der Waals surface area (Å²) in [7, 11) is -3.89. The summed E-state index contributed by atoms with van der Waals surface area (Å²) in [6.45, 7) is 2.94. The summed E-state index contributed by atoms with van der Waals surface area (Å²) in [4.78, 5) is 26.6. The molecule has 0 saturated carbocycles. The molecule has 1 atom stereocenters. The summed E-state index contributed by atoms with van der Waals surface area (Å²) in [5, 5.41) is 6.03. The highest BCUT2D eigenvalue weighted by atomic mass is 32.2. The summed E-state index contributed by atoms with van der Waals surface area (Å²) in [6, 6.07) is 20.1. The number of hydrogen-bond donors (Lipinski definition) is 0. The molecule has 0 saturated heterocycles. The molecule has 1 aromatic heterocycles. The van der Waals surface area contributed by atoms with Gasteiger partial charge in [0, 0.05) is 30.0 Å². The number of ketones is 1. The summed E-state index contributed by atoms with van der Waals surface area (Å²) in [5.74, 6) is -5.23. The Balaban J connectivity index is 1.42. The largest absolute Gasteiger partial charge is 0.298 e. The van der Waals surface area contributed by atoms with E-state index in [1.807, 2.05) is 0 Å². The average molecular weight is 550 g/mol. The number of hydrazone groups is 1. The first-order chi connectivity index (χ1) is 18.5. The third-order valence-electron chi connectivity index (χ3n) is 6.81. The van der Waals surface area contributed by atoms with Gasteiger partial charge in [0.05, 0.1) is 21.8 Å². The van der Waals surface area contributed by atoms with Gasteiger partial charge in [0.1, 0.15) is 5.92 Å². The number of hydrogen-bond acceptors (Lipinski definition) is 5. The number of carbonyl (C=O) groups is 2. The molecule has 0 bridgehead atoms. The Hall–Kier alpha value is -4.18. The van der Waals surface area contributed by atoms with Crippen molar-refractivity contribution in [1.82, 2.24) is 3.97 Å². The first-order valence-electron chi connectivity index (χ1n) is 12.3. The fourth-order valence-electron chi connectivity index (χ4n) is 4.68. The van der Waals surface area contributed by atoms with E-state index in [2.05, 4.69) is 5.10 Å². The van der Waals surface area contributed by atoms with Crippen molar-refractivity contribution in [3.63, 3.8) is 0 Å². The monoisotopic (exact) mass is 549 g/mol. The predicted octanol–water partition coefficient (Wildman–Crippen LogP) is 5.53. The van der Waals surface area contributed by atoms with E-state index in [9.17, 15) is 26.8 Å². The lowest BCUT2D eigenvalue weighted by Crippen LogP contribution is -2.33. The molecular weight excluding hydrogens is 524 g/mol. The molecule has 0 spiro atoms. The van der Waals surface area contributed by atoms with E-state index in [-0.39, 0.29) is 29.0 Å². The number of alkyl halides is 2. The molecule has 1 unspecified atom stereocenters. The Kier molecular flexibility index (Phi) is 6.67. The Morgan fingerprint density at radius 3 is 2.46 bits per heavy atom. The lowest BCUT2D eigenvalue weighted by molar-refractivity contribution is -0.128. The van der Waals surface area contributed by atoms with Crippen LogP contribution in [0.2, 0.25) is 0 Å². The molecule has 1 amide bonds. The van der Waals surface area contributed by atoms with Crippen LogP contribution in [0.25, 0.3) is 10.9 Å². The SMILES string of the molecule is CCC(F)(F)c1cccc(CC(=O)C2C(=O)N(c3ccc4ccn(S(=O)(=O)c5ccccc5)c4c3)N=C2C)c1. The van der Waals surface area contributed by atoms with Gasteiger partial charge in [-0.3, -0.25) is 9.59 Å². The highest BCUT2D eigenvalue weighted by Gasteiger charge is 2.39. The molecule has 0 fully saturated rings. The van der Waals surface area contributed by atoms with Crippen molar-refractivity contribution in [2.75, 3.05) is 5.01 Å². The normalized spacial score (nSPS) is 16.1. The van der Waals surface area contributed by atoms with Gasteiger partial charge in [-0.2, -0.15) is 10.1 Å². The van der Waals surface area contributed by atoms with E-state index in [1.165, 1.54) is 49.5 Å². The number of halogens is 2. The zero-order chi connectivity index (χ0) is 27.9. The van der Waals surface area contributed by atoms with Crippen LogP contribution in [0.4, 0.5) is 14.5 Å². The highest BCUT2D eigenvalue weighted by molar-refractivity contribution is 7.90. The van der Waals surface area contributed by atoms with E-state index in [0.717, 1.165) is 8.98 Å². The molecular formula is C29H25F2N3O4S. The lowest BCUT2D eigenvalue weighted by Gasteiger charge is -2.16. The number of benzene rings is 3. The molecule has 4 aromatic rings. The van der Waals surface area contributed by atoms with Crippen molar-refractivity contribution in [3.05, 3.63) is 96.2 Å². The van der Waals surface area contributed by atoms with Crippen LogP contribution in [-0.4, -0.2) is 29.8 Å². The fourth-order valence-corrected chi connectivity index (χ4v) is 6.04. The zero-order valence-corrected chi connectivity index (χ0v) is 22.0. The molecule has 7 nitrogen and oxygen atoms in total. The summed E-state index contributed by atoms with van der Waals surface area (Å²) >= 11 is 0. The van der Waals surface area contributed by atoms with Gasteiger partial charge in [0.25, 0.3) is 21.9 Å². The molecule has 1 aliphatic heterocycles. The predicted molar refractivity (Wildman–Crippen MR) is 144 cm³/mol. The number of fused-ring (bicyclic) bond motifs is 1. The fraction of sp³-hybridized carbons (Fsp3) is 0.207. The van der Waals surface area contributed by atoms with Gasteiger partial charge >= 0.3 is 0 Å². The Labute approximate surface area is 224 Å². The van der Waals surface area contributed by atoms with Gasteiger partial charge in [-0.15, -0.1) is 0 Å². The highest BCUT2D eigenvalue weighted by Crippen LogP contribution is 2.33. The van der Waals surface area contributed by atoms with Crippen molar-refractivity contribution in [1.29, 1.82) is 0 Å². The molecule has 10 heteroatoms. The standard InChI is InChI=1S/C29H25F2N3O4S/c1-3-29(30,31)22-9-7-8-20(16-22)17-26(35)27-19(2)32-34(28(27)36)23-13-12-21-14-15-33(25(21)18-23)39(37,38)24-10-5-4-6-11-24/h4-16,18,27H,3,17H2,1-2H3. The first kappa shape index (κ1) is 26.4. The number of anilines is 1. The molecule has 2 heterocycles. The van der Waals surface area contributed by atoms with Crippen LogP contribution in [-0.2, 0) is 32.0 Å². The molecule has 1 aliphatic rings. The molecule has 3 aromatic carbocycles. The molecule has 0 aliphatic carbocycles. The van der Waals surface area contributed by atoms with Gasteiger partial charge in [-0.25, -0.2) is 21.2 Å². The summed E-state index contributed by atoms with van der Waals surface area (Å²) in [5.41, 5.74) is 1.12. The van der Waals surface area contributed by atoms with Crippen molar-refractivity contribution < 1.29 is 26.8 Å². The lowest BCUT2D eigenvalue weighted by atomic mass is 9.92. The maximum atomic E-state index is 14.1. The van der Waals surface area contributed by atoms with Crippen LogP contribution in [0.15, 0.2) is 95.1 Å². The summed E-state index contributed by atoms with van der Waals surface area (Å²) < 4.78 is 55.9. The second-order valence-corrected chi connectivity index (χ2v) is 11.2. The Morgan fingerprint density at radius 2 is 1.74 bits per heavy atom. The van der Waals surface area contributed by atoms with E-state index in [0.29, 0.717) is 22.2 Å². The minimum absolute atomic E-state index is 0.116. The summed E-state index contributed by atoms with van der Waals surface area (Å²) in [6.07, 6.45) is 0.869. The van der Waals surface area contributed by atoms with Crippen LogP contribution in [0, 0.1) is 5.92 Å². The van der Waals surface area contributed by atoms with E-state index in [1.54, 1.807) is 49.4 Å². The van der Waals surface area contributed by atoms with Gasteiger partial charge in [-0.05, 0) is 48.9 Å². The van der Waals surface area contributed by atoms with Crippen molar-refractivity contribution in [3.8, 4) is 0 Å². The van der Waals surface area contributed by atoms with E-state index < -0.39 is 33.6 Å². The minimum Gasteiger partial charge on any atom is -0.298 e. The second-order valence-electron chi connectivity index (χ2n) is 9.40.